The molecule has 4 heteroatoms. The summed E-state index contributed by atoms with van der Waals surface area (Å²) in [5.41, 5.74) is 5.41. The molecule has 0 atom stereocenters. The fourth-order valence-corrected chi connectivity index (χ4v) is 0.981. The highest BCUT2D eigenvalue weighted by Crippen LogP contribution is 2.05. The third kappa shape index (κ3) is 1.93. The fraction of sp³-hybridized carbons (Fsp3) is 0.714. The summed E-state index contributed by atoms with van der Waals surface area (Å²) in [5, 5.41) is 3.95. The molecule has 2 N–H and O–H groups in total. The Labute approximate surface area is 66.4 Å². The van der Waals surface area contributed by atoms with E-state index >= 15 is 0 Å². The zero-order valence-electron chi connectivity index (χ0n) is 7.20. The number of anilines is 1. The first-order valence-corrected chi connectivity index (χ1v) is 3.75. The van der Waals surface area contributed by atoms with Gasteiger partial charge >= 0.3 is 0 Å². The summed E-state index contributed by atoms with van der Waals surface area (Å²) >= 11 is 0. The molecule has 4 nitrogen and oxygen atoms in total. The highest BCUT2D eigenvalue weighted by molar-refractivity contribution is 5.13. The van der Waals surface area contributed by atoms with Crippen LogP contribution in [0.25, 0.3) is 0 Å². The lowest BCUT2D eigenvalue weighted by Gasteiger charge is -2.01. The summed E-state index contributed by atoms with van der Waals surface area (Å²) in [4.78, 5) is 4.08. The van der Waals surface area contributed by atoms with Gasteiger partial charge in [0.05, 0.1) is 0 Å². The van der Waals surface area contributed by atoms with Crippen molar-refractivity contribution in [3.63, 3.8) is 0 Å². The Balaban J connectivity index is 2.77. The molecule has 0 spiro atoms. The lowest BCUT2D eigenvalue weighted by atomic mass is 10.1. The molecule has 0 fully saturated rings. The zero-order valence-corrected chi connectivity index (χ0v) is 7.20. The number of hydrogen-bond acceptors (Lipinski definition) is 3. The smallest absolute Gasteiger partial charge is 0.239 e. The summed E-state index contributed by atoms with van der Waals surface area (Å²) in [7, 11) is 1.86. The maximum absolute atomic E-state index is 5.41. The van der Waals surface area contributed by atoms with Crippen LogP contribution in [-0.2, 0) is 13.5 Å². The van der Waals surface area contributed by atoms with E-state index in [2.05, 4.69) is 23.9 Å². The normalized spacial score (nSPS) is 10.9. The molecule has 1 aromatic heterocycles. The van der Waals surface area contributed by atoms with E-state index in [-0.39, 0.29) is 0 Å². The summed E-state index contributed by atoms with van der Waals surface area (Å²) in [6.07, 6.45) is 0.931. The van der Waals surface area contributed by atoms with Crippen molar-refractivity contribution in [1.29, 1.82) is 0 Å². The van der Waals surface area contributed by atoms with Crippen LogP contribution in [0.1, 0.15) is 19.7 Å². The van der Waals surface area contributed by atoms with Gasteiger partial charge in [0.2, 0.25) is 5.95 Å². The second kappa shape index (κ2) is 2.90. The van der Waals surface area contributed by atoms with Gasteiger partial charge in [-0.15, -0.1) is 5.10 Å². The second-order valence-corrected chi connectivity index (χ2v) is 3.11. The van der Waals surface area contributed by atoms with Gasteiger partial charge in [-0.3, -0.25) is 4.68 Å². The van der Waals surface area contributed by atoms with Gasteiger partial charge in [0.15, 0.2) is 0 Å². The Morgan fingerprint density at radius 2 is 2.18 bits per heavy atom. The van der Waals surface area contributed by atoms with Gasteiger partial charge in [-0.25, -0.2) is 0 Å². The average molecular weight is 154 g/mol. The van der Waals surface area contributed by atoms with Crippen LogP contribution in [-0.4, -0.2) is 14.8 Å². The maximum Gasteiger partial charge on any atom is 0.239 e. The predicted octanol–water partition coefficient (Wildman–Crippen LogP) is 0.596. The summed E-state index contributed by atoms with van der Waals surface area (Å²) in [6.45, 7) is 4.29. The number of nitrogen functional groups attached to an aromatic ring is 1. The quantitative estimate of drug-likeness (QED) is 0.678. The monoisotopic (exact) mass is 154 g/mol. The van der Waals surface area contributed by atoms with Gasteiger partial charge in [0.25, 0.3) is 0 Å². The van der Waals surface area contributed by atoms with Gasteiger partial charge in [-0.2, -0.15) is 4.98 Å². The molecule has 62 valence electrons. The second-order valence-electron chi connectivity index (χ2n) is 3.11. The zero-order chi connectivity index (χ0) is 8.43. The van der Waals surface area contributed by atoms with Gasteiger partial charge in [-0.1, -0.05) is 13.8 Å². The molecule has 0 saturated carbocycles. The summed E-state index contributed by atoms with van der Waals surface area (Å²) < 4.78 is 1.73. The molecule has 0 bridgehead atoms. The van der Waals surface area contributed by atoms with Gasteiger partial charge in [-0.05, 0) is 5.92 Å². The maximum atomic E-state index is 5.41. The Morgan fingerprint density at radius 3 is 2.55 bits per heavy atom. The molecule has 1 heterocycles. The van der Waals surface area contributed by atoms with Crippen LogP contribution in [0.2, 0.25) is 0 Å². The molecule has 0 aliphatic heterocycles. The largest absolute Gasteiger partial charge is 0.366 e. The number of aromatic nitrogens is 3. The first-order valence-electron chi connectivity index (χ1n) is 3.75. The highest BCUT2D eigenvalue weighted by Gasteiger charge is 2.05. The van der Waals surface area contributed by atoms with E-state index in [0.717, 1.165) is 12.2 Å². The molecular formula is C7H14N4. The molecule has 0 aromatic carbocycles. The van der Waals surface area contributed by atoms with Crippen molar-refractivity contribution in [2.45, 2.75) is 20.3 Å². The van der Waals surface area contributed by atoms with Gasteiger partial charge < -0.3 is 5.73 Å². The molecule has 1 rings (SSSR count). The first-order chi connectivity index (χ1) is 5.09. The Morgan fingerprint density at radius 1 is 1.55 bits per heavy atom. The molecule has 0 saturated heterocycles. The lowest BCUT2D eigenvalue weighted by molar-refractivity contribution is 0.584. The first kappa shape index (κ1) is 8.04. The van der Waals surface area contributed by atoms with Crippen LogP contribution in [0.5, 0.6) is 0 Å². The number of hydrogen-bond donors (Lipinski definition) is 1. The third-order valence-electron chi connectivity index (χ3n) is 1.46. The van der Waals surface area contributed by atoms with E-state index in [1.54, 1.807) is 4.68 Å². The Bertz CT molecular complexity index is 239. The van der Waals surface area contributed by atoms with Crippen molar-refractivity contribution in [1.82, 2.24) is 14.8 Å². The van der Waals surface area contributed by atoms with Gasteiger partial charge in [0.1, 0.15) is 5.82 Å². The van der Waals surface area contributed by atoms with Crippen LogP contribution in [0.15, 0.2) is 0 Å². The van der Waals surface area contributed by atoms with E-state index in [0.29, 0.717) is 11.9 Å². The van der Waals surface area contributed by atoms with Crippen molar-refractivity contribution in [3.8, 4) is 0 Å². The topological polar surface area (TPSA) is 56.7 Å². The van der Waals surface area contributed by atoms with Crippen molar-refractivity contribution in [2.24, 2.45) is 13.0 Å². The van der Waals surface area contributed by atoms with Crippen LogP contribution in [0.3, 0.4) is 0 Å². The summed E-state index contributed by atoms with van der Waals surface area (Å²) in [5.74, 6) is 1.91. The number of aryl methyl sites for hydroxylation is 1. The molecular weight excluding hydrogens is 140 g/mol. The molecule has 0 radical (unpaired) electrons. The summed E-state index contributed by atoms with van der Waals surface area (Å²) in [6, 6.07) is 0. The Hall–Kier alpha value is -1.06. The number of rotatable bonds is 2. The minimum absolute atomic E-state index is 0.364. The molecule has 0 aliphatic rings. The van der Waals surface area contributed by atoms with Crippen molar-refractivity contribution < 1.29 is 0 Å². The van der Waals surface area contributed by atoms with Crippen LogP contribution >= 0.6 is 0 Å². The number of nitrogens with two attached hydrogens (primary N) is 1. The Kier molecular flexibility index (Phi) is 2.12. The van der Waals surface area contributed by atoms with Crippen LogP contribution in [0.4, 0.5) is 5.95 Å². The standard InChI is InChI=1S/C7H14N4/c1-5(2)4-6-9-7(8)10-11(6)3/h5H,4H2,1-3H3,(H2,8,10). The van der Waals surface area contributed by atoms with Crippen LogP contribution in [0, 0.1) is 5.92 Å². The van der Waals surface area contributed by atoms with E-state index < -0.39 is 0 Å². The van der Waals surface area contributed by atoms with Gasteiger partial charge in [0, 0.05) is 13.5 Å². The van der Waals surface area contributed by atoms with Crippen molar-refractivity contribution in [2.75, 3.05) is 5.73 Å². The predicted molar refractivity (Wildman–Crippen MR) is 44.0 cm³/mol. The van der Waals surface area contributed by atoms with E-state index in [4.69, 9.17) is 5.73 Å². The highest BCUT2D eigenvalue weighted by atomic mass is 15.4. The fourth-order valence-electron chi connectivity index (χ4n) is 0.981. The lowest BCUT2D eigenvalue weighted by Crippen LogP contribution is -2.03. The molecule has 0 amide bonds. The third-order valence-corrected chi connectivity index (χ3v) is 1.46. The SMILES string of the molecule is CC(C)Cc1nc(N)nn1C. The average Bonchev–Trinajstić information content (AvgIpc) is 2.09. The minimum atomic E-state index is 0.364. The van der Waals surface area contributed by atoms with Crippen LogP contribution < -0.4 is 5.73 Å². The van der Waals surface area contributed by atoms with Crippen molar-refractivity contribution >= 4 is 5.95 Å². The molecule has 11 heavy (non-hydrogen) atoms. The minimum Gasteiger partial charge on any atom is -0.366 e. The van der Waals surface area contributed by atoms with E-state index in [1.165, 1.54) is 0 Å². The number of nitrogens with zero attached hydrogens (tertiary/aromatic N) is 3. The molecule has 0 unspecified atom stereocenters. The molecule has 0 aliphatic carbocycles. The van der Waals surface area contributed by atoms with E-state index in [9.17, 15) is 0 Å². The molecule has 1 aromatic rings. The van der Waals surface area contributed by atoms with Crippen molar-refractivity contribution in [3.05, 3.63) is 5.82 Å². The van der Waals surface area contributed by atoms with E-state index in [1.807, 2.05) is 7.05 Å².